The van der Waals surface area contributed by atoms with Crippen molar-refractivity contribution in [3.8, 4) is 0 Å². The van der Waals surface area contributed by atoms with Crippen LogP contribution in [0.25, 0.3) is 0 Å². The summed E-state index contributed by atoms with van der Waals surface area (Å²) >= 11 is 3.36. The third-order valence-electron chi connectivity index (χ3n) is 3.19. The molecule has 0 aliphatic carbocycles. The molecule has 4 heteroatoms. The molecule has 3 nitrogen and oxygen atoms in total. The molecule has 0 saturated heterocycles. The van der Waals surface area contributed by atoms with E-state index >= 15 is 0 Å². The third-order valence-corrected chi connectivity index (χ3v) is 3.88. The van der Waals surface area contributed by atoms with Crippen LogP contribution in [-0.4, -0.2) is 5.91 Å². The number of nitrogens with one attached hydrogen (secondary N) is 1. The van der Waals surface area contributed by atoms with Gasteiger partial charge in [0.15, 0.2) is 0 Å². The van der Waals surface area contributed by atoms with Crippen molar-refractivity contribution >= 4 is 33.2 Å². The molecular weight excluding hydrogens is 316 g/mol. The second kappa shape index (κ2) is 6.57. The Kier molecular flexibility index (Phi) is 4.79. The first-order valence-corrected chi connectivity index (χ1v) is 7.32. The largest absolute Gasteiger partial charge is 0.398 e. The highest BCUT2D eigenvalue weighted by atomic mass is 79.9. The van der Waals surface area contributed by atoms with Gasteiger partial charge in [0.05, 0.1) is 5.92 Å². The number of halogens is 1. The van der Waals surface area contributed by atoms with Gasteiger partial charge in [-0.15, -0.1) is 0 Å². The van der Waals surface area contributed by atoms with Crippen molar-refractivity contribution in [1.29, 1.82) is 0 Å². The summed E-state index contributed by atoms with van der Waals surface area (Å²) in [6.07, 6.45) is 0.756. The Morgan fingerprint density at radius 1 is 1.25 bits per heavy atom. The molecule has 0 bridgehead atoms. The van der Waals surface area contributed by atoms with Gasteiger partial charge in [0.1, 0.15) is 0 Å². The van der Waals surface area contributed by atoms with E-state index < -0.39 is 0 Å². The minimum Gasteiger partial charge on any atom is -0.398 e. The van der Waals surface area contributed by atoms with Crippen molar-refractivity contribution in [2.75, 3.05) is 11.1 Å². The van der Waals surface area contributed by atoms with Crippen LogP contribution in [0.1, 0.15) is 24.8 Å². The first-order chi connectivity index (χ1) is 9.61. The van der Waals surface area contributed by atoms with Gasteiger partial charge in [-0.2, -0.15) is 0 Å². The molecule has 2 rings (SSSR count). The van der Waals surface area contributed by atoms with Crippen molar-refractivity contribution in [3.05, 3.63) is 58.6 Å². The van der Waals surface area contributed by atoms with Gasteiger partial charge in [0.25, 0.3) is 0 Å². The van der Waals surface area contributed by atoms with Gasteiger partial charge >= 0.3 is 0 Å². The van der Waals surface area contributed by atoms with Gasteiger partial charge in [-0.1, -0.05) is 37.3 Å². The van der Waals surface area contributed by atoms with Gasteiger partial charge in [-0.05, 0) is 46.1 Å². The fraction of sp³-hybridized carbons (Fsp3) is 0.188. The number of rotatable bonds is 4. The number of hydrogen-bond donors (Lipinski definition) is 2. The molecule has 1 amide bonds. The van der Waals surface area contributed by atoms with E-state index in [4.69, 9.17) is 5.73 Å². The van der Waals surface area contributed by atoms with Crippen molar-refractivity contribution < 1.29 is 4.79 Å². The highest BCUT2D eigenvalue weighted by molar-refractivity contribution is 9.10. The molecule has 2 aromatic carbocycles. The SMILES string of the molecule is CCC(C(=O)Nc1ccc(N)c(Br)c1)c1ccccc1. The second-order valence-electron chi connectivity index (χ2n) is 4.60. The minimum absolute atomic E-state index is 0.00429. The average molecular weight is 333 g/mol. The molecule has 0 heterocycles. The van der Waals surface area contributed by atoms with E-state index in [9.17, 15) is 4.79 Å². The zero-order valence-corrected chi connectivity index (χ0v) is 12.9. The Labute approximate surface area is 127 Å². The van der Waals surface area contributed by atoms with E-state index in [0.29, 0.717) is 5.69 Å². The summed E-state index contributed by atoms with van der Waals surface area (Å²) in [5, 5.41) is 2.93. The lowest BCUT2D eigenvalue weighted by Gasteiger charge is -2.15. The van der Waals surface area contributed by atoms with Crippen LogP contribution >= 0.6 is 15.9 Å². The molecule has 0 aromatic heterocycles. The van der Waals surface area contributed by atoms with Gasteiger partial charge in [-0.25, -0.2) is 0 Å². The minimum atomic E-state index is -0.146. The summed E-state index contributed by atoms with van der Waals surface area (Å²) < 4.78 is 0.781. The van der Waals surface area contributed by atoms with Gasteiger partial charge in [-0.3, -0.25) is 4.79 Å². The van der Waals surface area contributed by atoms with Crippen LogP contribution in [0, 0.1) is 0 Å². The molecule has 1 atom stereocenters. The molecule has 0 aliphatic heterocycles. The van der Waals surface area contributed by atoms with Crippen LogP contribution < -0.4 is 11.1 Å². The van der Waals surface area contributed by atoms with Crippen LogP contribution in [0.15, 0.2) is 53.0 Å². The number of carbonyl (C=O) groups is 1. The molecule has 1 unspecified atom stereocenters. The molecule has 3 N–H and O–H groups in total. The van der Waals surface area contributed by atoms with E-state index in [1.165, 1.54) is 0 Å². The van der Waals surface area contributed by atoms with Crippen molar-refractivity contribution in [2.24, 2.45) is 0 Å². The summed E-state index contributed by atoms with van der Waals surface area (Å²) in [7, 11) is 0. The molecule has 104 valence electrons. The van der Waals surface area contributed by atoms with Crippen LogP contribution in [0.2, 0.25) is 0 Å². The molecule has 20 heavy (non-hydrogen) atoms. The van der Waals surface area contributed by atoms with E-state index in [1.54, 1.807) is 12.1 Å². The average Bonchev–Trinajstić information content (AvgIpc) is 2.45. The predicted octanol–water partition coefficient (Wildman–Crippen LogP) is 4.16. The Balaban J connectivity index is 2.15. The Morgan fingerprint density at radius 2 is 1.95 bits per heavy atom. The van der Waals surface area contributed by atoms with Crippen molar-refractivity contribution in [1.82, 2.24) is 0 Å². The first kappa shape index (κ1) is 14.6. The number of nitrogens with two attached hydrogens (primary N) is 1. The van der Waals surface area contributed by atoms with Crippen molar-refractivity contribution in [3.63, 3.8) is 0 Å². The Hall–Kier alpha value is -1.81. The maximum Gasteiger partial charge on any atom is 0.231 e. The molecule has 0 aliphatic rings. The Bertz CT molecular complexity index is 599. The van der Waals surface area contributed by atoms with E-state index in [2.05, 4.69) is 21.2 Å². The topological polar surface area (TPSA) is 55.1 Å². The first-order valence-electron chi connectivity index (χ1n) is 6.52. The molecule has 0 fully saturated rings. The molecule has 2 aromatic rings. The van der Waals surface area contributed by atoms with Crippen LogP contribution in [0.3, 0.4) is 0 Å². The van der Waals surface area contributed by atoms with Gasteiger partial charge in [0, 0.05) is 15.8 Å². The molecular formula is C16H17BrN2O. The number of hydrogen-bond acceptors (Lipinski definition) is 2. The lowest BCUT2D eigenvalue weighted by atomic mass is 9.95. The number of anilines is 2. The Morgan fingerprint density at radius 3 is 2.55 bits per heavy atom. The normalized spacial score (nSPS) is 11.9. The highest BCUT2D eigenvalue weighted by Gasteiger charge is 2.18. The van der Waals surface area contributed by atoms with E-state index in [-0.39, 0.29) is 11.8 Å². The lowest BCUT2D eigenvalue weighted by Crippen LogP contribution is -2.20. The highest BCUT2D eigenvalue weighted by Crippen LogP contribution is 2.25. The molecule has 0 radical (unpaired) electrons. The standard InChI is InChI=1S/C16H17BrN2O/c1-2-13(11-6-4-3-5-7-11)16(20)19-12-8-9-15(18)14(17)10-12/h3-10,13H,2,18H2,1H3,(H,19,20). The number of carbonyl (C=O) groups excluding carboxylic acids is 1. The fourth-order valence-electron chi connectivity index (χ4n) is 2.09. The van der Waals surface area contributed by atoms with E-state index in [1.807, 2.05) is 43.3 Å². The monoisotopic (exact) mass is 332 g/mol. The second-order valence-corrected chi connectivity index (χ2v) is 5.45. The molecule has 0 saturated carbocycles. The summed E-state index contributed by atoms with van der Waals surface area (Å²) in [5.41, 5.74) is 8.16. The van der Waals surface area contributed by atoms with Gasteiger partial charge < -0.3 is 11.1 Å². The number of benzene rings is 2. The third kappa shape index (κ3) is 3.39. The maximum absolute atomic E-state index is 12.4. The lowest BCUT2D eigenvalue weighted by molar-refractivity contribution is -0.117. The van der Waals surface area contributed by atoms with Crippen molar-refractivity contribution in [2.45, 2.75) is 19.3 Å². The molecule has 0 spiro atoms. The van der Waals surface area contributed by atoms with E-state index in [0.717, 1.165) is 22.1 Å². The fourth-order valence-corrected chi connectivity index (χ4v) is 2.47. The maximum atomic E-state index is 12.4. The summed E-state index contributed by atoms with van der Waals surface area (Å²) in [6, 6.07) is 15.2. The van der Waals surface area contributed by atoms with Crippen LogP contribution in [0.4, 0.5) is 11.4 Å². The summed E-state index contributed by atoms with van der Waals surface area (Å²) in [4.78, 5) is 12.4. The zero-order chi connectivity index (χ0) is 14.5. The van der Waals surface area contributed by atoms with Crippen LogP contribution in [0.5, 0.6) is 0 Å². The summed E-state index contributed by atoms with van der Waals surface area (Å²) in [6.45, 7) is 2.01. The number of nitrogen functional groups attached to an aromatic ring is 1. The smallest absolute Gasteiger partial charge is 0.231 e. The van der Waals surface area contributed by atoms with Crippen LogP contribution in [-0.2, 0) is 4.79 Å². The number of amides is 1. The predicted molar refractivity (Wildman–Crippen MR) is 86.7 cm³/mol. The summed E-state index contributed by atoms with van der Waals surface area (Å²) in [5.74, 6) is -0.150. The zero-order valence-electron chi connectivity index (χ0n) is 11.3. The quantitative estimate of drug-likeness (QED) is 0.826. The van der Waals surface area contributed by atoms with Gasteiger partial charge in [0.2, 0.25) is 5.91 Å².